The van der Waals surface area contributed by atoms with Gasteiger partial charge in [-0.1, -0.05) is 6.07 Å². The van der Waals surface area contributed by atoms with Gasteiger partial charge in [0.15, 0.2) is 0 Å². The van der Waals surface area contributed by atoms with Gasteiger partial charge in [-0.15, -0.1) is 18.3 Å². The van der Waals surface area contributed by atoms with E-state index in [1.807, 2.05) is 13.8 Å². The van der Waals surface area contributed by atoms with Crippen LogP contribution in [0.1, 0.15) is 32.7 Å². The molecule has 1 saturated carbocycles. The number of fused-ring (bicyclic) bond motifs is 2. The van der Waals surface area contributed by atoms with Gasteiger partial charge in [0.05, 0.1) is 6.04 Å². The van der Waals surface area contributed by atoms with Gasteiger partial charge >= 0.3 is 18.5 Å². The Balaban J connectivity index is 1.50. The summed E-state index contributed by atoms with van der Waals surface area (Å²) in [5.74, 6) is 0.392. The number of halogens is 3. The molecule has 2 aliphatic rings. The monoisotopic (exact) mass is 455 g/mol. The van der Waals surface area contributed by atoms with Crippen LogP contribution in [0.15, 0.2) is 24.3 Å². The van der Waals surface area contributed by atoms with E-state index < -0.39 is 18.2 Å². The number of piperidine rings is 1. The lowest BCUT2D eigenvalue weighted by atomic mass is 9.92. The van der Waals surface area contributed by atoms with Crippen molar-refractivity contribution in [1.82, 2.24) is 19.7 Å². The van der Waals surface area contributed by atoms with Gasteiger partial charge in [0.25, 0.3) is 0 Å². The molecular weight excluding hydrogens is 431 g/mol. The molecule has 1 aromatic carbocycles. The second-order valence-corrected chi connectivity index (χ2v) is 8.34. The average molecular weight is 455 g/mol. The molecule has 0 spiro atoms. The summed E-state index contributed by atoms with van der Waals surface area (Å²) in [6, 6.07) is 5.25. The molecule has 174 valence electrons. The smallest absolute Gasteiger partial charge is 0.465 e. The average Bonchev–Trinajstić information content (AvgIpc) is 3.17. The second kappa shape index (κ2) is 8.40. The topological polar surface area (TPSA) is 102 Å². The molecule has 1 saturated heterocycles. The number of nitrogens with zero attached hydrogens (tertiary/aromatic N) is 4. The Hall–Kier alpha value is -3.18. The SMILES string of the molecule is CC(C)n1nc(NC2[C@@H]3CC[C@H]2CN(C(=O)O)C3)nc1Oc1cccc(OC(F)(F)F)c1. The van der Waals surface area contributed by atoms with Crippen LogP contribution >= 0.6 is 0 Å². The molecule has 9 nitrogen and oxygen atoms in total. The molecule has 2 N–H and O–H groups in total. The number of hydrogen-bond acceptors (Lipinski definition) is 6. The molecule has 1 aromatic heterocycles. The highest BCUT2D eigenvalue weighted by Gasteiger charge is 2.44. The van der Waals surface area contributed by atoms with Gasteiger partial charge in [0.1, 0.15) is 11.5 Å². The molecule has 4 rings (SSSR count). The molecular formula is C20H24F3N5O4. The molecule has 1 aliphatic carbocycles. The molecule has 2 heterocycles. The van der Waals surface area contributed by atoms with Crippen molar-refractivity contribution >= 4 is 12.0 Å². The number of benzene rings is 1. The molecule has 3 atom stereocenters. The van der Waals surface area contributed by atoms with Gasteiger partial charge < -0.3 is 24.8 Å². The summed E-state index contributed by atoms with van der Waals surface area (Å²) in [4.78, 5) is 17.2. The number of rotatable bonds is 6. The predicted molar refractivity (Wildman–Crippen MR) is 107 cm³/mol. The van der Waals surface area contributed by atoms with E-state index >= 15 is 0 Å². The van der Waals surface area contributed by atoms with Crippen LogP contribution in [0, 0.1) is 11.8 Å². The molecule has 2 fully saturated rings. The van der Waals surface area contributed by atoms with Gasteiger partial charge in [-0.25, -0.2) is 9.48 Å². The van der Waals surface area contributed by atoms with Crippen molar-refractivity contribution in [2.75, 3.05) is 18.4 Å². The number of aromatic nitrogens is 3. The van der Waals surface area contributed by atoms with E-state index in [4.69, 9.17) is 4.74 Å². The Morgan fingerprint density at radius 3 is 2.47 bits per heavy atom. The number of hydrogen-bond donors (Lipinski definition) is 2. The van der Waals surface area contributed by atoms with Crippen LogP contribution in [-0.2, 0) is 0 Å². The van der Waals surface area contributed by atoms with Crippen molar-refractivity contribution in [3.8, 4) is 17.5 Å². The van der Waals surface area contributed by atoms with E-state index in [1.54, 1.807) is 0 Å². The fraction of sp³-hybridized carbons (Fsp3) is 0.550. The summed E-state index contributed by atoms with van der Waals surface area (Å²) >= 11 is 0. The minimum absolute atomic E-state index is 0.0463. The summed E-state index contributed by atoms with van der Waals surface area (Å²) in [6.07, 6.45) is -3.86. The van der Waals surface area contributed by atoms with Crippen molar-refractivity contribution in [1.29, 1.82) is 0 Å². The van der Waals surface area contributed by atoms with Gasteiger partial charge in [-0.05, 0) is 50.7 Å². The van der Waals surface area contributed by atoms with Crippen molar-refractivity contribution < 1.29 is 32.5 Å². The third-order valence-electron chi connectivity index (χ3n) is 5.74. The van der Waals surface area contributed by atoms with Crippen LogP contribution in [0.2, 0.25) is 0 Å². The van der Waals surface area contributed by atoms with Crippen molar-refractivity contribution in [3.63, 3.8) is 0 Å². The first-order valence-electron chi connectivity index (χ1n) is 10.3. The highest BCUT2D eigenvalue weighted by atomic mass is 19.4. The lowest BCUT2D eigenvalue weighted by Gasteiger charge is -2.36. The Morgan fingerprint density at radius 2 is 1.88 bits per heavy atom. The molecule has 1 aliphatic heterocycles. The van der Waals surface area contributed by atoms with Crippen LogP contribution in [0.3, 0.4) is 0 Å². The minimum atomic E-state index is -4.80. The number of carbonyl (C=O) groups is 1. The van der Waals surface area contributed by atoms with Crippen molar-refractivity contribution in [2.45, 2.75) is 45.1 Å². The Kier molecular flexibility index (Phi) is 5.78. The quantitative estimate of drug-likeness (QED) is 0.668. The molecule has 1 amide bonds. The Labute approximate surface area is 182 Å². The number of alkyl halides is 3. The first-order valence-corrected chi connectivity index (χ1v) is 10.3. The zero-order valence-corrected chi connectivity index (χ0v) is 17.5. The standard InChI is InChI=1S/C20H24F3N5O4/c1-11(2)28-18(31-14-4-3-5-15(8-14)32-20(21,22)23)25-17(26-28)24-16-12-6-7-13(16)10-27(9-12)19(29)30/h3-5,8,11-13,16H,6-7,9-10H2,1-2H3,(H,24,26)(H,29,30)/t12-,13+,16?. The van der Waals surface area contributed by atoms with Gasteiger partial charge in [-0.3, -0.25) is 0 Å². The summed E-state index contributed by atoms with van der Waals surface area (Å²) in [5.41, 5.74) is 0. The van der Waals surface area contributed by atoms with E-state index in [0.29, 0.717) is 19.0 Å². The lowest BCUT2D eigenvalue weighted by Crippen LogP contribution is -2.49. The molecule has 1 unspecified atom stereocenters. The predicted octanol–water partition coefficient (Wildman–Crippen LogP) is 4.35. The van der Waals surface area contributed by atoms with E-state index in [2.05, 4.69) is 20.1 Å². The van der Waals surface area contributed by atoms with Crippen LogP contribution in [0.25, 0.3) is 0 Å². The maximum atomic E-state index is 12.5. The maximum Gasteiger partial charge on any atom is 0.573 e. The Bertz CT molecular complexity index is 966. The van der Waals surface area contributed by atoms with Crippen LogP contribution in [0.4, 0.5) is 23.9 Å². The highest BCUT2D eigenvalue weighted by molar-refractivity contribution is 5.65. The van der Waals surface area contributed by atoms with Crippen molar-refractivity contribution in [2.24, 2.45) is 11.8 Å². The van der Waals surface area contributed by atoms with E-state index in [0.717, 1.165) is 18.9 Å². The highest BCUT2D eigenvalue weighted by Crippen LogP contribution is 2.39. The van der Waals surface area contributed by atoms with Crippen LogP contribution < -0.4 is 14.8 Å². The number of nitrogens with one attached hydrogen (secondary N) is 1. The lowest BCUT2D eigenvalue weighted by molar-refractivity contribution is -0.274. The Morgan fingerprint density at radius 1 is 1.22 bits per heavy atom. The summed E-state index contributed by atoms with van der Waals surface area (Å²) in [7, 11) is 0. The molecule has 12 heteroatoms. The van der Waals surface area contributed by atoms with Crippen molar-refractivity contribution in [3.05, 3.63) is 24.3 Å². The van der Waals surface area contributed by atoms with E-state index in [9.17, 15) is 23.1 Å². The normalized spacial score (nSPS) is 22.8. The zero-order chi connectivity index (χ0) is 23.0. The van der Waals surface area contributed by atoms with Crippen LogP contribution in [-0.4, -0.2) is 56.4 Å². The van der Waals surface area contributed by atoms with Gasteiger partial charge in [0, 0.05) is 25.2 Å². The second-order valence-electron chi connectivity index (χ2n) is 8.34. The minimum Gasteiger partial charge on any atom is -0.465 e. The van der Waals surface area contributed by atoms with Gasteiger partial charge in [0.2, 0.25) is 5.95 Å². The summed E-state index contributed by atoms with van der Waals surface area (Å²) in [5, 5.41) is 17.1. The first kappa shape index (κ1) is 22.0. The van der Waals surface area contributed by atoms with E-state index in [-0.39, 0.29) is 35.7 Å². The third-order valence-corrected chi connectivity index (χ3v) is 5.74. The number of ether oxygens (including phenoxy) is 2. The fourth-order valence-corrected chi connectivity index (χ4v) is 4.38. The molecule has 2 aromatic rings. The molecule has 2 bridgehead atoms. The number of likely N-dealkylation sites (tertiary alicyclic amines) is 1. The summed E-state index contributed by atoms with van der Waals surface area (Å²) < 4.78 is 48.7. The number of carboxylic acid groups (broad SMARTS) is 1. The maximum absolute atomic E-state index is 12.5. The third kappa shape index (κ3) is 4.83. The fourth-order valence-electron chi connectivity index (χ4n) is 4.38. The number of amides is 1. The van der Waals surface area contributed by atoms with Gasteiger partial charge in [-0.2, -0.15) is 4.98 Å². The molecule has 0 radical (unpaired) electrons. The number of anilines is 1. The largest absolute Gasteiger partial charge is 0.573 e. The molecule has 32 heavy (non-hydrogen) atoms. The zero-order valence-electron chi connectivity index (χ0n) is 17.5. The summed E-state index contributed by atoms with van der Waals surface area (Å²) in [6.45, 7) is 4.68. The van der Waals surface area contributed by atoms with E-state index in [1.165, 1.54) is 27.8 Å². The first-order chi connectivity index (χ1) is 15.1. The van der Waals surface area contributed by atoms with Crippen LogP contribution in [0.5, 0.6) is 17.5 Å².